The average Bonchev–Trinajstić information content (AvgIpc) is 3.26. The fraction of sp³-hybridized carbons (Fsp3) is 0.0545. The fourth-order valence-electron chi connectivity index (χ4n) is 8.69. The van der Waals surface area contributed by atoms with Gasteiger partial charge in [-0.3, -0.25) is 0 Å². The Hall–Kier alpha value is -7.16. The lowest BCUT2D eigenvalue weighted by atomic mass is 9.90. The van der Waals surface area contributed by atoms with E-state index in [9.17, 15) is 0 Å². The van der Waals surface area contributed by atoms with E-state index in [1.54, 1.807) is 0 Å². The SMILES string of the molecule is Cc1cc2ccc3c(N(c4ccccc4)c4cc(-c5ccccc5)ccc4C)cc(N(c4ccccc4)c4cc(-c5ccccc5)ccc4C)c4ccc(c1)c2c34. The van der Waals surface area contributed by atoms with Crippen LogP contribution in [0.1, 0.15) is 16.7 Å². The molecule has 0 aliphatic carbocycles. The summed E-state index contributed by atoms with van der Waals surface area (Å²) in [6.07, 6.45) is 0. The summed E-state index contributed by atoms with van der Waals surface area (Å²) in [4.78, 5) is 4.97. The highest BCUT2D eigenvalue weighted by Crippen LogP contribution is 2.51. The van der Waals surface area contributed by atoms with Gasteiger partial charge in [0.25, 0.3) is 0 Å². The van der Waals surface area contributed by atoms with Gasteiger partial charge < -0.3 is 9.80 Å². The van der Waals surface area contributed by atoms with E-state index in [4.69, 9.17) is 0 Å². The molecule has 0 aliphatic heterocycles. The van der Waals surface area contributed by atoms with E-state index in [0.29, 0.717) is 0 Å². The van der Waals surface area contributed by atoms with E-state index in [0.717, 1.165) is 34.1 Å². The Kier molecular flexibility index (Phi) is 8.53. The summed E-state index contributed by atoms with van der Waals surface area (Å²) >= 11 is 0. The van der Waals surface area contributed by atoms with Gasteiger partial charge in [0, 0.05) is 38.9 Å². The first-order chi connectivity index (χ1) is 28.0. The average molecular weight is 731 g/mol. The molecule has 57 heavy (non-hydrogen) atoms. The van der Waals surface area contributed by atoms with E-state index in [-0.39, 0.29) is 0 Å². The third-order valence-electron chi connectivity index (χ3n) is 11.4. The molecule has 0 aliphatic rings. The molecule has 0 saturated heterocycles. The number of aryl methyl sites for hydroxylation is 3. The Bertz CT molecular complexity index is 2830. The van der Waals surface area contributed by atoms with Gasteiger partial charge in [0.1, 0.15) is 0 Å². The Balaban J connectivity index is 1.33. The van der Waals surface area contributed by atoms with Gasteiger partial charge in [0.2, 0.25) is 0 Å². The van der Waals surface area contributed by atoms with Gasteiger partial charge in [-0.25, -0.2) is 0 Å². The van der Waals surface area contributed by atoms with Crippen molar-refractivity contribution in [3.05, 3.63) is 217 Å². The monoisotopic (exact) mass is 730 g/mol. The highest BCUT2D eigenvalue weighted by atomic mass is 15.2. The summed E-state index contributed by atoms with van der Waals surface area (Å²) in [7, 11) is 0. The van der Waals surface area contributed by atoms with E-state index in [1.807, 2.05) is 0 Å². The zero-order chi connectivity index (χ0) is 38.5. The van der Waals surface area contributed by atoms with Crippen molar-refractivity contribution < 1.29 is 0 Å². The second-order valence-corrected chi connectivity index (χ2v) is 15.2. The van der Waals surface area contributed by atoms with Crippen molar-refractivity contribution in [2.45, 2.75) is 20.8 Å². The van der Waals surface area contributed by atoms with Crippen LogP contribution >= 0.6 is 0 Å². The van der Waals surface area contributed by atoms with Crippen LogP contribution in [0.15, 0.2) is 200 Å². The minimum atomic E-state index is 1.11. The van der Waals surface area contributed by atoms with Crippen LogP contribution in [0.3, 0.4) is 0 Å². The molecule has 10 aromatic carbocycles. The standard InChI is InChI=1S/C55H42N2/c1-37-32-44-28-30-48-52(56(46-20-12-6-13-21-46)50-34-42(26-24-38(50)2)40-16-8-4-9-17-40)36-53(49-31-29-45(33-37)54(44)55(48)49)57(47-22-14-7-15-23-47)51-35-43(27-25-39(51)3)41-18-10-5-11-19-41/h4-36H,1-3H3. The minimum absolute atomic E-state index is 1.11. The summed E-state index contributed by atoms with van der Waals surface area (Å²) in [5.41, 5.74) is 15.2. The predicted molar refractivity (Wildman–Crippen MR) is 245 cm³/mol. The lowest BCUT2D eigenvalue weighted by Crippen LogP contribution is -2.16. The van der Waals surface area contributed by atoms with Crippen molar-refractivity contribution in [1.82, 2.24) is 0 Å². The first kappa shape index (κ1) is 34.3. The Morgan fingerprint density at radius 2 is 0.702 bits per heavy atom. The van der Waals surface area contributed by atoms with Crippen LogP contribution in [0, 0.1) is 20.8 Å². The molecule has 0 N–H and O–H groups in total. The molecule has 0 heterocycles. The third kappa shape index (κ3) is 6.07. The fourth-order valence-corrected chi connectivity index (χ4v) is 8.69. The molecule has 10 rings (SSSR count). The first-order valence-electron chi connectivity index (χ1n) is 19.8. The molecule has 0 fully saturated rings. The lowest BCUT2D eigenvalue weighted by molar-refractivity contribution is 1.24. The molecule has 272 valence electrons. The van der Waals surface area contributed by atoms with E-state index >= 15 is 0 Å². The number of nitrogens with zero attached hydrogens (tertiary/aromatic N) is 2. The molecule has 2 heteroatoms. The number of hydrogen-bond acceptors (Lipinski definition) is 2. The van der Waals surface area contributed by atoms with Crippen molar-refractivity contribution in [2.24, 2.45) is 0 Å². The number of hydrogen-bond donors (Lipinski definition) is 0. The normalized spacial score (nSPS) is 11.4. The minimum Gasteiger partial charge on any atom is -0.310 e. The summed E-state index contributed by atoms with van der Waals surface area (Å²) in [6, 6.07) is 73.3. The number of benzene rings is 10. The van der Waals surface area contributed by atoms with Crippen LogP contribution < -0.4 is 9.80 Å². The molecule has 2 nitrogen and oxygen atoms in total. The van der Waals surface area contributed by atoms with Crippen molar-refractivity contribution in [3.8, 4) is 22.3 Å². The van der Waals surface area contributed by atoms with E-state index < -0.39 is 0 Å². The maximum atomic E-state index is 2.48. The van der Waals surface area contributed by atoms with Crippen LogP contribution in [0.25, 0.3) is 54.6 Å². The summed E-state index contributed by atoms with van der Waals surface area (Å²) in [5.74, 6) is 0. The third-order valence-corrected chi connectivity index (χ3v) is 11.4. The van der Waals surface area contributed by atoms with Crippen LogP contribution in [0.4, 0.5) is 34.1 Å². The smallest absolute Gasteiger partial charge is 0.0561 e. The second kappa shape index (κ2) is 14.2. The van der Waals surface area contributed by atoms with Gasteiger partial charge in [-0.15, -0.1) is 0 Å². The summed E-state index contributed by atoms with van der Waals surface area (Å²) < 4.78 is 0. The topological polar surface area (TPSA) is 6.48 Å². The van der Waals surface area contributed by atoms with Gasteiger partial charge in [-0.1, -0.05) is 158 Å². The molecule has 0 saturated carbocycles. The maximum absolute atomic E-state index is 2.48. The quantitative estimate of drug-likeness (QED) is 0.144. The zero-order valence-electron chi connectivity index (χ0n) is 32.4. The van der Waals surface area contributed by atoms with E-state index in [2.05, 4.69) is 231 Å². The largest absolute Gasteiger partial charge is 0.310 e. The van der Waals surface area contributed by atoms with Crippen molar-refractivity contribution in [2.75, 3.05) is 9.80 Å². The molecule has 0 spiro atoms. The lowest BCUT2D eigenvalue weighted by Gasteiger charge is -2.33. The Morgan fingerprint density at radius 1 is 0.298 bits per heavy atom. The second-order valence-electron chi connectivity index (χ2n) is 15.2. The highest BCUT2D eigenvalue weighted by Gasteiger charge is 2.26. The molecule has 0 radical (unpaired) electrons. The van der Waals surface area contributed by atoms with Gasteiger partial charge in [-0.05, 0) is 118 Å². The van der Waals surface area contributed by atoms with Gasteiger partial charge in [0.05, 0.1) is 11.4 Å². The molecule has 0 unspecified atom stereocenters. The van der Waals surface area contributed by atoms with Crippen LogP contribution in [0.5, 0.6) is 0 Å². The Labute approximate surface area is 334 Å². The van der Waals surface area contributed by atoms with Crippen molar-refractivity contribution >= 4 is 66.4 Å². The molecule has 0 amide bonds. The first-order valence-corrected chi connectivity index (χ1v) is 19.8. The molecular weight excluding hydrogens is 689 g/mol. The molecule has 10 aromatic rings. The molecule has 0 aromatic heterocycles. The number of anilines is 6. The molecular formula is C55H42N2. The van der Waals surface area contributed by atoms with Crippen LogP contribution in [-0.4, -0.2) is 0 Å². The highest BCUT2D eigenvalue weighted by molar-refractivity contribution is 6.29. The van der Waals surface area contributed by atoms with Gasteiger partial charge >= 0.3 is 0 Å². The zero-order valence-corrected chi connectivity index (χ0v) is 32.4. The summed E-state index contributed by atoms with van der Waals surface area (Å²) in [6.45, 7) is 6.66. The van der Waals surface area contributed by atoms with Crippen LogP contribution in [-0.2, 0) is 0 Å². The van der Waals surface area contributed by atoms with Crippen molar-refractivity contribution in [1.29, 1.82) is 0 Å². The predicted octanol–water partition coefficient (Wildman–Crippen LogP) is 15.8. The maximum Gasteiger partial charge on any atom is 0.0561 e. The molecule has 0 bridgehead atoms. The Morgan fingerprint density at radius 3 is 1.12 bits per heavy atom. The number of para-hydroxylation sites is 2. The number of rotatable bonds is 8. The molecule has 0 atom stereocenters. The van der Waals surface area contributed by atoms with E-state index in [1.165, 1.54) is 71.3 Å². The van der Waals surface area contributed by atoms with Crippen LogP contribution in [0.2, 0.25) is 0 Å². The van der Waals surface area contributed by atoms with Crippen molar-refractivity contribution in [3.63, 3.8) is 0 Å². The van der Waals surface area contributed by atoms with Gasteiger partial charge in [0.15, 0.2) is 0 Å². The van der Waals surface area contributed by atoms with Gasteiger partial charge in [-0.2, -0.15) is 0 Å². The summed E-state index contributed by atoms with van der Waals surface area (Å²) in [5, 5.41) is 7.51.